The summed E-state index contributed by atoms with van der Waals surface area (Å²) < 4.78 is 13.3. The maximum absolute atomic E-state index is 13.3. The van der Waals surface area contributed by atoms with Crippen molar-refractivity contribution in [3.8, 4) is 11.1 Å². The van der Waals surface area contributed by atoms with E-state index in [1.54, 1.807) is 23.5 Å². The third kappa shape index (κ3) is 2.87. The Balaban J connectivity index is 1.86. The largest absolute Gasteiger partial charge is 0.356 e. The van der Waals surface area contributed by atoms with Crippen LogP contribution in [0.1, 0.15) is 19.8 Å². The molecule has 3 heterocycles. The Hall–Kier alpha value is -1.72. The van der Waals surface area contributed by atoms with E-state index in [0.29, 0.717) is 0 Å². The van der Waals surface area contributed by atoms with E-state index < -0.39 is 0 Å². The maximum atomic E-state index is 13.3. The van der Waals surface area contributed by atoms with Crippen LogP contribution in [0.15, 0.2) is 29.6 Å². The Morgan fingerprint density at radius 2 is 1.88 bits per heavy atom. The number of hydrogen-bond donors (Lipinski definition) is 0. The van der Waals surface area contributed by atoms with Crippen molar-refractivity contribution in [1.82, 2.24) is 9.97 Å². The van der Waals surface area contributed by atoms with E-state index in [2.05, 4.69) is 27.2 Å². The molecule has 0 spiro atoms. The van der Waals surface area contributed by atoms with Crippen molar-refractivity contribution in [1.29, 1.82) is 0 Å². The summed E-state index contributed by atoms with van der Waals surface area (Å²) >= 11 is 7.71. The van der Waals surface area contributed by atoms with Crippen molar-refractivity contribution in [2.45, 2.75) is 19.8 Å². The molecule has 0 unspecified atom stereocenters. The molecular weight excluding hydrogens is 345 g/mol. The van der Waals surface area contributed by atoms with Crippen LogP contribution in [0.3, 0.4) is 0 Å². The Morgan fingerprint density at radius 1 is 1.17 bits per heavy atom. The molecule has 3 aromatic rings. The molecule has 2 aromatic heterocycles. The fraction of sp³-hybridized carbons (Fsp3) is 0.333. The highest BCUT2D eigenvalue weighted by atomic mass is 35.5. The Bertz CT molecular complexity index is 870. The highest BCUT2D eigenvalue weighted by Gasteiger charge is 2.22. The number of hydrogen-bond acceptors (Lipinski definition) is 4. The molecule has 1 saturated heterocycles. The normalized spacial score (nSPS) is 16.0. The van der Waals surface area contributed by atoms with Crippen LogP contribution in [0, 0.1) is 11.7 Å². The Morgan fingerprint density at radius 3 is 2.58 bits per heavy atom. The lowest BCUT2D eigenvalue weighted by molar-refractivity contribution is 0.437. The smallest absolute Gasteiger partial charge is 0.225 e. The fourth-order valence-electron chi connectivity index (χ4n) is 3.19. The molecule has 0 radical (unpaired) electrons. The summed E-state index contributed by atoms with van der Waals surface area (Å²) in [4.78, 5) is 12.1. The van der Waals surface area contributed by atoms with Crippen LogP contribution in [0.4, 0.5) is 10.2 Å². The monoisotopic (exact) mass is 361 g/mol. The molecule has 0 atom stereocenters. The molecule has 4 rings (SSSR count). The van der Waals surface area contributed by atoms with Gasteiger partial charge >= 0.3 is 0 Å². The van der Waals surface area contributed by atoms with Gasteiger partial charge in [0.1, 0.15) is 16.5 Å². The number of fused-ring (bicyclic) bond motifs is 1. The minimum Gasteiger partial charge on any atom is -0.356 e. The standard InChI is InChI=1S/C18H17ClFN3S/c1-11-6-8-23(9-7-11)16-15-14(12-2-4-13(20)5-3-12)10-24-17(15)22-18(19)21-16/h2-5,10-11H,6-9H2,1H3. The first-order valence-corrected chi connectivity index (χ1v) is 9.33. The number of thiophene rings is 1. The molecule has 6 heteroatoms. The van der Waals surface area contributed by atoms with Crippen molar-refractivity contribution in [3.05, 3.63) is 40.7 Å². The van der Waals surface area contributed by atoms with E-state index in [1.807, 2.05) is 0 Å². The minimum absolute atomic E-state index is 0.233. The van der Waals surface area contributed by atoms with Crippen LogP contribution < -0.4 is 4.90 Å². The van der Waals surface area contributed by atoms with E-state index >= 15 is 0 Å². The van der Waals surface area contributed by atoms with Crippen molar-refractivity contribution in [2.75, 3.05) is 18.0 Å². The van der Waals surface area contributed by atoms with Gasteiger partial charge in [0.15, 0.2) is 0 Å². The van der Waals surface area contributed by atoms with Crippen LogP contribution in [0.5, 0.6) is 0 Å². The van der Waals surface area contributed by atoms with Crippen molar-refractivity contribution in [3.63, 3.8) is 0 Å². The van der Waals surface area contributed by atoms with Gasteiger partial charge in [-0.15, -0.1) is 11.3 Å². The number of aromatic nitrogens is 2. The SMILES string of the molecule is CC1CCN(c2nc(Cl)nc3scc(-c4ccc(F)cc4)c23)CC1. The van der Waals surface area contributed by atoms with Crippen LogP contribution in [0.2, 0.25) is 5.28 Å². The van der Waals surface area contributed by atoms with Crippen LogP contribution in [-0.2, 0) is 0 Å². The van der Waals surface area contributed by atoms with Crippen molar-refractivity contribution >= 4 is 39.0 Å². The topological polar surface area (TPSA) is 29.0 Å². The van der Waals surface area contributed by atoms with Gasteiger partial charge in [0.25, 0.3) is 0 Å². The second kappa shape index (κ2) is 6.30. The predicted molar refractivity (Wildman–Crippen MR) is 98.4 cm³/mol. The molecule has 0 aliphatic carbocycles. The van der Waals surface area contributed by atoms with E-state index in [4.69, 9.17) is 11.6 Å². The van der Waals surface area contributed by atoms with Crippen molar-refractivity contribution < 1.29 is 4.39 Å². The summed E-state index contributed by atoms with van der Waals surface area (Å²) in [5.41, 5.74) is 2.01. The quantitative estimate of drug-likeness (QED) is 0.573. The maximum Gasteiger partial charge on any atom is 0.225 e. The number of halogens is 2. The first-order valence-electron chi connectivity index (χ1n) is 8.07. The van der Waals surface area contributed by atoms with Gasteiger partial charge in [0.05, 0.1) is 5.39 Å². The third-order valence-electron chi connectivity index (χ3n) is 4.63. The molecular formula is C18H17ClFN3S. The van der Waals surface area contributed by atoms with E-state index in [0.717, 1.165) is 59.0 Å². The molecule has 0 bridgehead atoms. The Kier molecular flexibility index (Phi) is 4.14. The minimum atomic E-state index is -0.233. The first kappa shape index (κ1) is 15.8. The summed E-state index contributed by atoms with van der Waals surface area (Å²) in [5.74, 6) is 1.41. The zero-order valence-electron chi connectivity index (χ0n) is 13.3. The Labute approximate surface area is 149 Å². The summed E-state index contributed by atoms with van der Waals surface area (Å²) in [6, 6.07) is 6.57. The predicted octanol–water partition coefficient (Wildman–Crippen LogP) is 5.39. The first-order chi connectivity index (χ1) is 11.6. The zero-order chi connectivity index (χ0) is 16.7. The summed E-state index contributed by atoms with van der Waals surface area (Å²) in [6.45, 7) is 4.24. The number of nitrogens with zero attached hydrogens (tertiary/aromatic N) is 3. The lowest BCUT2D eigenvalue weighted by Gasteiger charge is -2.31. The molecule has 1 fully saturated rings. The second-order valence-corrected chi connectivity index (χ2v) is 7.52. The van der Waals surface area contributed by atoms with Gasteiger partial charge in [-0.3, -0.25) is 0 Å². The summed E-state index contributed by atoms with van der Waals surface area (Å²) in [7, 11) is 0. The molecule has 3 nitrogen and oxygen atoms in total. The molecule has 0 amide bonds. The molecule has 0 N–H and O–H groups in total. The summed E-state index contributed by atoms with van der Waals surface area (Å²) in [5, 5.41) is 3.35. The van der Waals surface area contributed by atoms with Gasteiger partial charge < -0.3 is 4.90 Å². The summed E-state index contributed by atoms with van der Waals surface area (Å²) in [6.07, 6.45) is 2.30. The third-order valence-corrected chi connectivity index (χ3v) is 5.67. The van der Waals surface area contributed by atoms with Gasteiger partial charge in [0.2, 0.25) is 5.28 Å². The van der Waals surface area contributed by atoms with Crippen LogP contribution >= 0.6 is 22.9 Å². The molecule has 1 aromatic carbocycles. The van der Waals surface area contributed by atoms with Crippen LogP contribution in [-0.4, -0.2) is 23.1 Å². The molecule has 124 valence electrons. The van der Waals surface area contributed by atoms with Gasteiger partial charge in [-0.1, -0.05) is 19.1 Å². The van der Waals surface area contributed by atoms with Gasteiger partial charge in [-0.2, -0.15) is 4.98 Å². The van der Waals surface area contributed by atoms with Crippen LogP contribution in [0.25, 0.3) is 21.3 Å². The van der Waals surface area contributed by atoms with E-state index in [1.165, 1.54) is 12.1 Å². The zero-order valence-corrected chi connectivity index (χ0v) is 14.9. The molecule has 1 aliphatic rings. The molecule has 0 saturated carbocycles. The lowest BCUT2D eigenvalue weighted by atomic mass is 9.98. The van der Waals surface area contributed by atoms with E-state index in [9.17, 15) is 4.39 Å². The number of anilines is 1. The molecule has 1 aliphatic heterocycles. The molecule has 24 heavy (non-hydrogen) atoms. The lowest BCUT2D eigenvalue weighted by Crippen LogP contribution is -2.33. The van der Waals surface area contributed by atoms with Gasteiger partial charge in [-0.25, -0.2) is 9.37 Å². The highest BCUT2D eigenvalue weighted by molar-refractivity contribution is 7.17. The highest BCUT2D eigenvalue weighted by Crippen LogP contribution is 2.39. The van der Waals surface area contributed by atoms with Gasteiger partial charge in [0, 0.05) is 24.0 Å². The van der Waals surface area contributed by atoms with Crippen molar-refractivity contribution in [2.24, 2.45) is 5.92 Å². The average molecular weight is 362 g/mol. The number of benzene rings is 1. The number of piperidine rings is 1. The number of rotatable bonds is 2. The second-order valence-electron chi connectivity index (χ2n) is 6.32. The fourth-order valence-corrected chi connectivity index (χ4v) is 4.35. The average Bonchev–Trinajstić information content (AvgIpc) is 2.99. The van der Waals surface area contributed by atoms with E-state index in [-0.39, 0.29) is 11.1 Å². The van der Waals surface area contributed by atoms with Gasteiger partial charge in [-0.05, 0) is 48.1 Å².